The van der Waals surface area contributed by atoms with E-state index in [0.29, 0.717) is 32.4 Å². The number of Topliss-reactive ketones (excluding diaryl/α,β-unsaturated/α-hetero) is 1. The summed E-state index contributed by atoms with van der Waals surface area (Å²) in [6.45, 7) is 7.08. The minimum atomic E-state index is -3.76. The number of hydrogen-bond donors (Lipinski definition) is 1. The number of carbonyl (C=O) groups is 1. The summed E-state index contributed by atoms with van der Waals surface area (Å²) in [4.78, 5) is 37.3. The number of fused-ring (bicyclic) bond motifs is 1. The molecule has 1 saturated heterocycles. The van der Waals surface area contributed by atoms with Crippen LogP contribution in [0.25, 0.3) is 16.7 Å². The molecule has 4 aromatic rings. The quantitative estimate of drug-likeness (QED) is 0.252. The molecule has 1 aliphatic heterocycles. The summed E-state index contributed by atoms with van der Waals surface area (Å²) >= 11 is 6.75. The number of morpholine rings is 1. The zero-order valence-electron chi connectivity index (χ0n) is 22.5. The van der Waals surface area contributed by atoms with Crippen LogP contribution in [0.1, 0.15) is 17.8 Å². The first-order chi connectivity index (χ1) is 19.7. The van der Waals surface area contributed by atoms with Crippen molar-refractivity contribution in [2.45, 2.75) is 24.0 Å². The minimum absolute atomic E-state index is 0.0645. The van der Waals surface area contributed by atoms with E-state index in [2.05, 4.69) is 20.2 Å². The van der Waals surface area contributed by atoms with Crippen molar-refractivity contribution in [3.05, 3.63) is 74.7 Å². The van der Waals surface area contributed by atoms with Crippen molar-refractivity contribution >= 4 is 55.1 Å². The third-order valence-electron chi connectivity index (χ3n) is 6.77. The van der Waals surface area contributed by atoms with E-state index >= 15 is 0 Å². The highest BCUT2D eigenvalue weighted by atomic mass is 35.5. The molecule has 10 nitrogen and oxygen atoms in total. The lowest BCUT2D eigenvalue weighted by molar-refractivity contribution is -0.116. The molecule has 0 spiro atoms. The zero-order chi connectivity index (χ0) is 29.0. The number of pyridine rings is 1. The Bertz CT molecular complexity index is 1710. The van der Waals surface area contributed by atoms with E-state index in [1.54, 1.807) is 25.1 Å². The Labute approximate surface area is 246 Å². The summed E-state index contributed by atoms with van der Waals surface area (Å²) in [6, 6.07) is 11.7. The van der Waals surface area contributed by atoms with Gasteiger partial charge in [-0.25, -0.2) is 23.0 Å². The lowest BCUT2D eigenvalue weighted by Crippen LogP contribution is -2.37. The molecule has 4 heterocycles. The normalized spacial score (nSPS) is 14.4. The van der Waals surface area contributed by atoms with Crippen molar-refractivity contribution in [1.82, 2.24) is 19.4 Å². The fraction of sp³-hybridized carbons (Fsp3) is 0.357. The number of sulfone groups is 1. The van der Waals surface area contributed by atoms with Crippen molar-refractivity contribution in [2.75, 3.05) is 50.5 Å². The van der Waals surface area contributed by atoms with E-state index < -0.39 is 21.4 Å². The van der Waals surface area contributed by atoms with Gasteiger partial charge in [-0.1, -0.05) is 17.7 Å². The molecule has 0 saturated carbocycles. The van der Waals surface area contributed by atoms with Crippen LogP contribution < -0.4 is 10.9 Å². The molecule has 0 bridgehead atoms. The number of hydrogen-bond acceptors (Lipinski definition) is 10. The molecule has 0 amide bonds. The van der Waals surface area contributed by atoms with Crippen LogP contribution in [0.3, 0.4) is 0 Å². The maximum absolute atomic E-state index is 13.4. The van der Waals surface area contributed by atoms with Gasteiger partial charge in [0.2, 0.25) is 0 Å². The standard InChI is InChI=1S/C28H30ClN5O5S2/c1-19-32-24-16-21(30-9-2-10-33-11-13-39-14-12-33)4-5-23(24)28(36)34(19)26-7-3-20(17-31-26)15-22(35)18-41(37,38)27-8-6-25(29)40-27/h3-8,16-17,30H,2,9-15,18H2,1H3. The maximum Gasteiger partial charge on any atom is 0.267 e. The summed E-state index contributed by atoms with van der Waals surface area (Å²) in [7, 11) is -3.76. The summed E-state index contributed by atoms with van der Waals surface area (Å²) in [5.74, 6) is -0.243. The number of aryl methyl sites for hydroxylation is 1. The van der Waals surface area contributed by atoms with Crippen LogP contribution in [0.2, 0.25) is 4.34 Å². The Morgan fingerprint density at radius 3 is 2.66 bits per heavy atom. The van der Waals surface area contributed by atoms with Crippen molar-refractivity contribution < 1.29 is 17.9 Å². The lowest BCUT2D eigenvalue weighted by atomic mass is 10.1. The van der Waals surface area contributed by atoms with Gasteiger partial charge >= 0.3 is 0 Å². The number of carbonyl (C=O) groups excluding carboxylic acids is 1. The van der Waals surface area contributed by atoms with Gasteiger partial charge in [0.05, 0.1) is 28.5 Å². The number of ether oxygens (including phenoxy) is 1. The van der Waals surface area contributed by atoms with E-state index in [4.69, 9.17) is 16.3 Å². The van der Waals surface area contributed by atoms with Crippen LogP contribution in [0.15, 0.2) is 57.7 Å². The van der Waals surface area contributed by atoms with Crippen LogP contribution in [0, 0.1) is 6.92 Å². The molecule has 13 heteroatoms. The molecule has 0 radical (unpaired) electrons. The SMILES string of the molecule is Cc1nc2cc(NCCCN3CCOCC3)ccc2c(=O)n1-c1ccc(CC(=O)CS(=O)(=O)c2ccc(Cl)s2)cn1. The van der Waals surface area contributed by atoms with E-state index in [1.807, 2.05) is 12.1 Å². The van der Waals surface area contributed by atoms with Gasteiger partial charge in [0.1, 0.15) is 21.6 Å². The summed E-state index contributed by atoms with van der Waals surface area (Å²) in [5.41, 5.74) is 1.79. The second-order valence-corrected chi connectivity index (χ2v) is 13.8. The van der Waals surface area contributed by atoms with Gasteiger partial charge in [0, 0.05) is 37.9 Å². The fourth-order valence-electron chi connectivity index (χ4n) is 4.72. The first-order valence-corrected chi connectivity index (χ1v) is 16.1. The van der Waals surface area contributed by atoms with Gasteiger partial charge < -0.3 is 10.1 Å². The zero-order valence-corrected chi connectivity index (χ0v) is 24.9. The Morgan fingerprint density at radius 2 is 1.95 bits per heavy atom. The van der Waals surface area contributed by atoms with E-state index in [9.17, 15) is 18.0 Å². The molecular formula is C28H30ClN5O5S2. The molecular weight excluding hydrogens is 586 g/mol. The average molecular weight is 616 g/mol. The highest BCUT2D eigenvalue weighted by Gasteiger charge is 2.22. The van der Waals surface area contributed by atoms with Gasteiger partial charge in [0.15, 0.2) is 15.6 Å². The summed E-state index contributed by atoms with van der Waals surface area (Å²) in [5, 5.41) is 3.89. The maximum atomic E-state index is 13.4. The molecule has 41 heavy (non-hydrogen) atoms. The molecule has 1 aliphatic rings. The topological polar surface area (TPSA) is 123 Å². The number of nitrogens with one attached hydrogen (secondary N) is 1. The predicted molar refractivity (Wildman–Crippen MR) is 160 cm³/mol. The lowest BCUT2D eigenvalue weighted by Gasteiger charge is -2.26. The monoisotopic (exact) mass is 615 g/mol. The third kappa shape index (κ3) is 7.19. The Balaban J connectivity index is 1.24. The number of nitrogens with zero attached hydrogens (tertiary/aromatic N) is 4. The van der Waals surface area contributed by atoms with Crippen LogP contribution in [-0.4, -0.2) is 78.8 Å². The fourth-order valence-corrected chi connectivity index (χ4v) is 7.53. The number of halogens is 1. The number of ketones is 1. The molecule has 1 N–H and O–H groups in total. The van der Waals surface area contributed by atoms with Gasteiger partial charge in [0.25, 0.3) is 5.56 Å². The largest absolute Gasteiger partial charge is 0.385 e. The third-order valence-corrected chi connectivity index (χ3v) is 10.3. The Kier molecular flexibility index (Phi) is 9.15. The molecule has 3 aromatic heterocycles. The first kappa shape index (κ1) is 29.3. The molecule has 0 aliphatic carbocycles. The number of benzene rings is 1. The van der Waals surface area contributed by atoms with Crippen LogP contribution >= 0.6 is 22.9 Å². The second kappa shape index (κ2) is 12.8. The number of anilines is 1. The van der Waals surface area contributed by atoms with Crippen LogP contribution in [0.5, 0.6) is 0 Å². The molecule has 216 valence electrons. The predicted octanol–water partition coefficient (Wildman–Crippen LogP) is 3.52. The van der Waals surface area contributed by atoms with E-state index in [-0.39, 0.29) is 16.2 Å². The van der Waals surface area contributed by atoms with Gasteiger partial charge in [-0.2, -0.15) is 0 Å². The number of thiophene rings is 1. The Hall–Kier alpha value is -3.16. The highest BCUT2D eigenvalue weighted by molar-refractivity contribution is 7.94. The molecule has 1 fully saturated rings. The average Bonchev–Trinajstić information content (AvgIpc) is 3.39. The van der Waals surface area contributed by atoms with E-state index in [1.165, 1.54) is 22.9 Å². The van der Waals surface area contributed by atoms with Crippen LogP contribution in [-0.2, 0) is 25.8 Å². The molecule has 0 unspecified atom stereocenters. The Morgan fingerprint density at radius 1 is 1.15 bits per heavy atom. The van der Waals surface area contributed by atoms with Crippen molar-refractivity contribution in [2.24, 2.45) is 0 Å². The minimum Gasteiger partial charge on any atom is -0.385 e. The van der Waals surface area contributed by atoms with Crippen molar-refractivity contribution in [3.63, 3.8) is 0 Å². The second-order valence-electron chi connectivity index (χ2n) is 9.82. The number of rotatable bonds is 11. The molecule has 5 rings (SSSR count). The smallest absolute Gasteiger partial charge is 0.267 e. The van der Waals surface area contributed by atoms with Crippen molar-refractivity contribution in [3.8, 4) is 5.82 Å². The molecule has 0 atom stereocenters. The summed E-state index contributed by atoms with van der Waals surface area (Å²) in [6.07, 6.45) is 2.37. The molecule has 1 aromatic carbocycles. The summed E-state index contributed by atoms with van der Waals surface area (Å²) < 4.78 is 32.2. The van der Waals surface area contributed by atoms with Gasteiger partial charge in [-0.05, 0) is 61.9 Å². The van der Waals surface area contributed by atoms with Gasteiger partial charge in [-0.3, -0.25) is 14.5 Å². The van der Waals surface area contributed by atoms with Crippen LogP contribution in [0.4, 0.5) is 5.69 Å². The van der Waals surface area contributed by atoms with Crippen molar-refractivity contribution in [1.29, 1.82) is 0 Å². The number of aromatic nitrogens is 3. The first-order valence-electron chi connectivity index (χ1n) is 13.2. The highest BCUT2D eigenvalue weighted by Crippen LogP contribution is 2.26. The van der Waals surface area contributed by atoms with E-state index in [0.717, 1.165) is 62.8 Å². The van der Waals surface area contributed by atoms with Gasteiger partial charge in [-0.15, -0.1) is 11.3 Å².